The van der Waals surface area contributed by atoms with Gasteiger partial charge in [-0.1, -0.05) is 12.1 Å². The van der Waals surface area contributed by atoms with Crippen LogP contribution in [0.25, 0.3) is 0 Å². The van der Waals surface area contributed by atoms with Crippen LogP contribution in [0.1, 0.15) is 23.2 Å². The first-order valence-electron chi connectivity index (χ1n) is 9.75. The van der Waals surface area contributed by atoms with E-state index < -0.39 is 12.2 Å². The van der Waals surface area contributed by atoms with E-state index in [9.17, 15) is 13.6 Å². The Labute approximate surface area is 169 Å². The Bertz CT molecular complexity index is 801. The number of rotatable bonds is 8. The van der Waals surface area contributed by atoms with Gasteiger partial charge in [-0.15, -0.1) is 0 Å². The molecular weight excluding hydrogens is 378 g/mol. The Morgan fingerprint density at radius 1 is 1.21 bits per heavy atom. The number of ether oxygens (including phenoxy) is 2. The van der Waals surface area contributed by atoms with Crippen LogP contribution in [0.15, 0.2) is 48.5 Å². The third-order valence-corrected chi connectivity index (χ3v) is 4.99. The number of carbonyl (C=O) groups is 1. The number of hydrogen-bond donors (Lipinski definition) is 1. The van der Waals surface area contributed by atoms with Crippen LogP contribution < -0.4 is 14.8 Å². The van der Waals surface area contributed by atoms with Crippen LogP contribution >= 0.6 is 0 Å². The first-order valence-corrected chi connectivity index (χ1v) is 9.75. The van der Waals surface area contributed by atoms with Crippen molar-refractivity contribution >= 4 is 5.91 Å². The van der Waals surface area contributed by atoms with E-state index in [1.54, 1.807) is 36.4 Å². The largest absolute Gasteiger partial charge is 0.496 e. The molecule has 0 aliphatic carbocycles. The van der Waals surface area contributed by atoms with Gasteiger partial charge in [-0.2, -0.15) is 0 Å². The summed E-state index contributed by atoms with van der Waals surface area (Å²) in [6.45, 7) is 2.16. The number of para-hydroxylation sites is 1. The summed E-state index contributed by atoms with van der Waals surface area (Å²) in [4.78, 5) is 14.5. The summed E-state index contributed by atoms with van der Waals surface area (Å²) < 4.78 is 38.3. The quantitative estimate of drug-likeness (QED) is 0.685. The minimum Gasteiger partial charge on any atom is -0.496 e. The molecule has 2 aromatic rings. The van der Waals surface area contributed by atoms with Crippen LogP contribution in [-0.4, -0.2) is 56.4 Å². The predicted molar refractivity (Wildman–Crippen MR) is 107 cm³/mol. The van der Waals surface area contributed by atoms with E-state index in [1.165, 1.54) is 19.2 Å². The van der Waals surface area contributed by atoms with E-state index in [2.05, 4.69) is 5.32 Å². The second-order valence-electron chi connectivity index (χ2n) is 7.04. The van der Waals surface area contributed by atoms with Gasteiger partial charge in [0.15, 0.2) is 0 Å². The minimum atomic E-state index is -1.14. The molecule has 0 aromatic heterocycles. The summed E-state index contributed by atoms with van der Waals surface area (Å²) in [6, 6.07) is 12.3. The zero-order valence-corrected chi connectivity index (χ0v) is 16.4. The van der Waals surface area contributed by atoms with Gasteiger partial charge in [0.05, 0.1) is 25.3 Å². The summed E-state index contributed by atoms with van der Waals surface area (Å²) in [5.41, 5.74) is 0.405. The number of methoxy groups -OCH3 is 1. The third kappa shape index (κ3) is 5.90. The number of piperidine rings is 1. The fraction of sp³-hybridized carbons (Fsp3) is 0.409. The second kappa shape index (κ2) is 10.2. The number of alkyl halides is 1. The molecule has 1 heterocycles. The van der Waals surface area contributed by atoms with Crippen molar-refractivity contribution in [3.8, 4) is 11.5 Å². The Kier molecular flexibility index (Phi) is 7.41. The molecule has 0 spiro atoms. The molecule has 0 bridgehead atoms. The van der Waals surface area contributed by atoms with Crippen molar-refractivity contribution in [2.75, 3.05) is 33.4 Å². The summed E-state index contributed by atoms with van der Waals surface area (Å²) in [5.74, 6) is 0.467. The second-order valence-corrected chi connectivity index (χ2v) is 7.04. The predicted octanol–water partition coefficient (Wildman–Crippen LogP) is 3.45. The highest BCUT2D eigenvalue weighted by Crippen LogP contribution is 2.20. The van der Waals surface area contributed by atoms with Crippen molar-refractivity contribution in [3.05, 3.63) is 59.9 Å². The number of benzene rings is 2. The van der Waals surface area contributed by atoms with Gasteiger partial charge in [-0.3, -0.25) is 4.79 Å². The summed E-state index contributed by atoms with van der Waals surface area (Å²) in [5, 5.41) is 2.80. The minimum absolute atomic E-state index is 0.271. The fourth-order valence-electron chi connectivity index (χ4n) is 3.42. The Balaban J connectivity index is 1.40. The Morgan fingerprint density at radius 3 is 2.69 bits per heavy atom. The Hall–Kier alpha value is -2.67. The van der Waals surface area contributed by atoms with Gasteiger partial charge >= 0.3 is 0 Å². The smallest absolute Gasteiger partial charge is 0.255 e. The molecule has 1 N–H and O–H groups in total. The summed E-state index contributed by atoms with van der Waals surface area (Å²) >= 11 is 0. The lowest BCUT2D eigenvalue weighted by molar-refractivity contribution is 0.0763. The van der Waals surface area contributed by atoms with Crippen LogP contribution in [0.5, 0.6) is 11.5 Å². The lowest BCUT2D eigenvalue weighted by Crippen LogP contribution is -2.52. The maximum Gasteiger partial charge on any atom is 0.255 e. The van der Waals surface area contributed by atoms with Crippen LogP contribution in [0.2, 0.25) is 0 Å². The van der Waals surface area contributed by atoms with E-state index in [1.807, 2.05) is 4.90 Å². The number of amides is 1. The molecule has 3 rings (SSSR count). The molecule has 1 saturated heterocycles. The molecule has 2 aromatic carbocycles. The number of nitrogens with zero attached hydrogens (tertiary/aromatic N) is 1. The van der Waals surface area contributed by atoms with Gasteiger partial charge in [0.2, 0.25) is 0 Å². The highest BCUT2D eigenvalue weighted by molar-refractivity contribution is 5.97. The molecule has 156 valence electrons. The van der Waals surface area contributed by atoms with Crippen LogP contribution in [-0.2, 0) is 0 Å². The summed E-state index contributed by atoms with van der Waals surface area (Å²) in [6.07, 6.45) is 0.142. The van der Waals surface area contributed by atoms with Crippen molar-refractivity contribution in [2.24, 2.45) is 0 Å². The van der Waals surface area contributed by atoms with Crippen molar-refractivity contribution in [2.45, 2.75) is 25.1 Å². The SMILES string of the molecule is COc1ccccc1C(=O)NC1CCN(CCCOc2ccc(F)cc2)CC1F. The van der Waals surface area contributed by atoms with Crippen LogP contribution in [0.3, 0.4) is 0 Å². The van der Waals surface area contributed by atoms with Gasteiger partial charge in [-0.25, -0.2) is 8.78 Å². The maximum absolute atomic E-state index is 14.6. The van der Waals surface area contributed by atoms with E-state index in [-0.39, 0.29) is 18.3 Å². The number of likely N-dealkylation sites (tertiary alicyclic amines) is 1. The third-order valence-electron chi connectivity index (χ3n) is 4.99. The molecule has 29 heavy (non-hydrogen) atoms. The highest BCUT2D eigenvalue weighted by atomic mass is 19.1. The molecule has 1 aliphatic rings. The first kappa shape index (κ1) is 21.0. The van der Waals surface area contributed by atoms with Gasteiger partial charge in [0.25, 0.3) is 5.91 Å². The number of carbonyl (C=O) groups excluding carboxylic acids is 1. The van der Waals surface area contributed by atoms with E-state index in [4.69, 9.17) is 9.47 Å². The van der Waals surface area contributed by atoms with Gasteiger partial charge < -0.3 is 19.7 Å². The number of nitrogens with one attached hydrogen (secondary N) is 1. The monoisotopic (exact) mass is 404 g/mol. The highest BCUT2D eigenvalue weighted by Gasteiger charge is 2.30. The molecule has 1 amide bonds. The molecule has 0 radical (unpaired) electrons. The maximum atomic E-state index is 14.6. The van der Waals surface area contributed by atoms with Crippen molar-refractivity contribution < 1.29 is 23.0 Å². The molecular formula is C22H26F2N2O3. The lowest BCUT2D eigenvalue weighted by atomic mass is 10.0. The molecule has 5 nitrogen and oxygen atoms in total. The standard InChI is InChI=1S/C22H26F2N2O3/c1-28-21-6-3-2-5-18(21)22(27)25-20-11-13-26(15-19(20)24)12-4-14-29-17-9-7-16(23)8-10-17/h2-3,5-10,19-20H,4,11-15H2,1H3,(H,25,27). The van der Waals surface area contributed by atoms with Crippen molar-refractivity contribution in [1.29, 1.82) is 0 Å². The van der Waals surface area contributed by atoms with Crippen LogP contribution in [0, 0.1) is 5.82 Å². The molecule has 0 saturated carbocycles. The molecule has 2 atom stereocenters. The van der Waals surface area contributed by atoms with E-state index >= 15 is 0 Å². The molecule has 1 aliphatic heterocycles. The first-order chi connectivity index (χ1) is 14.1. The normalized spacial score (nSPS) is 19.6. The Morgan fingerprint density at radius 2 is 1.97 bits per heavy atom. The summed E-state index contributed by atoms with van der Waals surface area (Å²) in [7, 11) is 1.50. The average Bonchev–Trinajstić information content (AvgIpc) is 2.74. The van der Waals surface area contributed by atoms with Gasteiger partial charge in [-0.05, 0) is 49.2 Å². The van der Waals surface area contributed by atoms with E-state index in [0.717, 1.165) is 6.42 Å². The average molecular weight is 404 g/mol. The lowest BCUT2D eigenvalue weighted by Gasteiger charge is -2.35. The van der Waals surface area contributed by atoms with Crippen LogP contribution in [0.4, 0.5) is 8.78 Å². The van der Waals surface area contributed by atoms with Gasteiger partial charge in [0.1, 0.15) is 23.5 Å². The molecule has 7 heteroatoms. The van der Waals surface area contributed by atoms with Crippen molar-refractivity contribution in [1.82, 2.24) is 10.2 Å². The van der Waals surface area contributed by atoms with Gasteiger partial charge in [0, 0.05) is 19.6 Å². The molecule has 1 fully saturated rings. The molecule has 2 unspecified atom stereocenters. The fourth-order valence-corrected chi connectivity index (χ4v) is 3.42. The van der Waals surface area contributed by atoms with E-state index in [0.29, 0.717) is 43.2 Å². The van der Waals surface area contributed by atoms with Crippen molar-refractivity contribution in [3.63, 3.8) is 0 Å². The number of halogens is 2. The topological polar surface area (TPSA) is 50.8 Å². The zero-order valence-electron chi connectivity index (χ0n) is 16.4. The zero-order chi connectivity index (χ0) is 20.6. The number of hydrogen-bond acceptors (Lipinski definition) is 4.